The zero-order chi connectivity index (χ0) is 17.6. The van der Waals surface area contributed by atoms with E-state index in [9.17, 15) is 9.59 Å². The van der Waals surface area contributed by atoms with Gasteiger partial charge in [0.25, 0.3) is 5.91 Å². The van der Waals surface area contributed by atoms with Crippen molar-refractivity contribution in [2.24, 2.45) is 0 Å². The average Bonchev–Trinajstić information content (AvgIpc) is 3.08. The molecule has 1 amide bonds. The van der Waals surface area contributed by atoms with Crippen molar-refractivity contribution in [3.63, 3.8) is 0 Å². The standard InChI is InChI=1S/C19H19NO5/c1-13(21)15-3-5-16(6-4-15)23-11-19(22)20-9-8-14-2-7-17-18(10-14)25-12-24-17/h2-7,10H,8-9,11-12H2,1H3,(H,20,22). The van der Waals surface area contributed by atoms with Crippen molar-refractivity contribution in [1.82, 2.24) is 5.32 Å². The molecular formula is C19H19NO5. The maximum Gasteiger partial charge on any atom is 0.257 e. The molecule has 0 fully saturated rings. The van der Waals surface area contributed by atoms with Crippen molar-refractivity contribution in [3.8, 4) is 17.2 Å². The quantitative estimate of drug-likeness (QED) is 0.783. The lowest BCUT2D eigenvalue weighted by Crippen LogP contribution is -2.30. The highest BCUT2D eigenvalue weighted by Gasteiger charge is 2.13. The molecule has 6 nitrogen and oxygen atoms in total. The Balaban J connectivity index is 1.40. The van der Waals surface area contributed by atoms with Crippen LogP contribution in [0.15, 0.2) is 42.5 Å². The van der Waals surface area contributed by atoms with Crippen LogP contribution in [0, 0.1) is 0 Å². The van der Waals surface area contributed by atoms with Crippen LogP contribution in [0.25, 0.3) is 0 Å². The second kappa shape index (κ2) is 7.70. The number of amides is 1. The molecule has 0 radical (unpaired) electrons. The van der Waals surface area contributed by atoms with Gasteiger partial charge in [-0.2, -0.15) is 0 Å². The molecule has 3 rings (SSSR count). The van der Waals surface area contributed by atoms with Crippen LogP contribution in [0.1, 0.15) is 22.8 Å². The van der Waals surface area contributed by atoms with E-state index in [1.165, 1.54) is 6.92 Å². The smallest absolute Gasteiger partial charge is 0.257 e. The maximum atomic E-state index is 11.8. The van der Waals surface area contributed by atoms with Crippen molar-refractivity contribution in [2.45, 2.75) is 13.3 Å². The molecule has 0 spiro atoms. The summed E-state index contributed by atoms with van der Waals surface area (Å²) in [5.41, 5.74) is 1.67. The Kier molecular flexibility index (Phi) is 5.18. The van der Waals surface area contributed by atoms with E-state index >= 15 is 0 Å². The Morgan fingerprint density at radius 3 is 2.60 bits per heavy atom. The molecule has 25 heavy (non-hydrogen) atoms. The zero-order valence-electron chi connectivity index (χ0n) is 13.9. The van der Waals surface area contributed by atoms with Crippen LogP contribution >= 0.6 is 0 Å². The summed E-state index contributed by atoms with van der Waals surface area (Å²) in [6.07, 6.45) is 0.690. The highest BCUT2D eigenvalue weighted by Crippen LogP contribution is 2.32. The second-order valence-corrected chi connectivity index (χ2v) is 5.66. The largest absolute Gasteiger partial charge is 0.484 e. The predicted molar refractivity (Wildman–Crippen MR) is 91.2 cm³/mol. The van der Waals surface area contributed by atoms with Gasteiger partial charge in [0.2, 0.25) is 6.79 Å². The molecule has 0 saturated carbocycles. The van der Waals surface area contributed by atoms with Gasteiger partial charge in [-0.3, -0.25) is 9.59 Å². The summed E-state index contributed by atoms with van der Waals surface area (Å²) >= 11 is 0. The van der Waals surface area contributed by atoms with Crippen molar-refractivity contribution in [3.05, 3.63) is 53.6 Å². The minimum Gasteiger partial charge on any atom is -0.484 e. The first-order valence-electron chi connectivity index (χ1n) is 8.01. The SMILES string of the molecule is CC(=O)c1ccc(OCC(=O)NCCc2ccc3c(c2)OCO3)cc1. The molecule has 1 aliphatic rings. The topological polar surface area (TPSA) is 73.9 Å². The fourth-order valence-corrected chi connectivity index (χ4v) is 2.43. The normalized spacial score (nSPS) is 11.9. The number of benzene rings is 2. The van der Waals surface area contributed by atoms with Crippen LogP contribution in [-0.4, -0.2) is 31.6 Å². The number of ether oxygens (including phenoxy) is 3. The third kappa shape index (κ3) is 4.50. The molecule has 1 N–H and O–H groups in total. The number of ketones is 1. The van der Waals surface area contributed by atoms with E-state index in [0.717, 1.165) is 17.1 Å². The van der Waals surface area contributed by atoms with Crippen molar-refractivity contribution in [2.75, 3.05) is 19.9 Å². The summed E-state index contributed by atoms with van der Waals surface area (Å²) < 4.78 is 16.0. The Hall–Kier alpha value is -3.02. The molecule has 0 aliphatic carbocycles. The van der Waals surface area contributed by atoms with Crippen LogP contribution < -0.4 is 19.5 Å². The molecule has 0 bridgehead atoms. The molecule has 0 saturated heterocycles. The highest BCUT2D eigenvalue weighted by molar-refractivity contribution is 5.94. The van der Waals surface area contributed by atoms with Crippen molar-refractivity contribution in [1.29, 1.82) is 0 Å². The number of Topliss-reactive ketones (excluding diaryl/α,β-unsaturated/α-hetero) is 1. The molecule has 0 aromatic heterocycles. The van der Waals surface area contributed by atoms with Crippen LogP contribution in [0.2, 0.25) is 0 Å². The Morgan fingerprint density at radius 1 is 1.08 bits per heavy atom. The van der Waals surface area contributed by atoms with E-state index in [0.29, 0.717) is 24.3 Å². The minimum atomic E-state index is -0.198. The van der Waals surface area contributed by atoms with Gasteiger partial charge >= 0.3 is 0 Å². The minimum absolute atomic E-state index is 0.00666. The van der Waals surface area contributed by atoms with Gasteiger partial charge in [0, 0.05) is 12.1 Å². The molecule has 1 aliphatic heterocycles. The average molecular weight is 341 g/mol. The summed E-state index contributed by atoms with van der Waals surface area (Å²) in [6, 6.07) is 12.4. The maximum absolute atomic E-state index is 11.8. The molecular weight excluding hydrogens is 322 g/mol. The number of carbonyl (C=O) groups excluding carboxylic acids is 2. The number of carbonyl (C=O) groups is 2. The number of hydrogen-bond acceptors (Lipinski definition) is 5. The van der Waals surface area contributed by atoms with Crippen molar-refractivity contribution >= 4 is 11.7 Å². The molecule has 2 aromatic rings. The highest BCUT2D eigenvalue weighted by atomic mass is 16.7. The summed E-state index contributed by atoms with van der Waals surface area (Å²) in [4.78, 5) is 23.0. The molecule has 130 valence electrons. The first-order chi connectivity index (χ1) is 12.1. The number of nitrogens with one attached hydrogen (secondary N) is 1. The Labute approximate surface area is 145 Å². The fourth-order valence-electron chi connectivity index (χ4n) is 2.43. The monoisotopic (exact) mass is 341 g/mol. The van der Waals surface area contributed by atoms with E-state index in [1.54, 1.807) is 24.3 Å². The van der Waals surface area contributed by atoms with Crippen LogP contribution in [-0.2, 0) is 11.2 Å². The fraction of sp³-hybridized carbons (Fsp3) is 0.263. The number of hydrogen-bond donors (Lipinski definition) is 1. The second-order valence-electron chi connectivity index (χ2n) is 5.66. The van der Waals surface area contributed by atoms with E-state index in [2.05, 4.69) is 5.32 Å². The van der Waals surface area contributed by atoms with Gasteiger partial charge in [0.1, 0.15) is 5.75 Å². The lowest BCUT2D eigenvalue weighted by molar-refractivity contribution is -0.123. The Bertz CT molecular complexity index is 770. The van der Waals surface area contributed by atoms with Crippen LogP contribution in [0.5, 0.6) is 17.2 Å². The van der Waals surface area contributed by atoms with Crippen LogP contribution in [0.3, 0.4) is 0 Å². The first-order valence-corrected chi connectivity index (χ1v) is 8.01. The summed E-state index contributed by atoms with van der Waals surface area (Å²) in [7, 11) is 0. The van der Waals surface area contributed by atoms with Gasteiger partial charge < -0.3 is 19.5 Å². The van der Waals surface area contributed by atoms with Gasteiger partial charge in [-0.05, 0) is 55.3 Å². The molecule has 2 aromatic carbocycles. The van der Waals surface area contributed by atoms with Gasteiger partial charge in [0.15, 0.2) is 23.9 Å². The molecule has 0 atom stereocenters. The van der Waals surface area contributed by atoms with Gasteiger partial charge in [-0.15, -0.1) is 0 Å². The van der Waals surface area contributed by atoms with Gasteiger partial charge in [-0.1, -0.05) is 6.07 Å². The third-order valence-corrected chi connectivity index (χ3v) is 3.80. The Morgan fingerprint density at radius 2 is 1.84 bits per heavy atom. The van der Waals surface area contributed by atoms with E-state index in [4.69, 9.17) is 14.2 Å². The lowest BCUT2D eigenvalue weighted by Gasteiger charge is -2.08. The molecule has 0 unspecified atom stereocenters. The van der Waals surface area contributed by atoms with Crippen LogP contribution in [0.4, 0.5) is 0 Å². The van der Waals surface area contributed by atoms with Crippen molar-refractivity contribution < 1.29 is 23.8 Å². The predicted octanol–water partition coefficient (Wildman–Crippen LogP) is 2.36. The third-order valence-electron chi connectivity index (χ3n) is 3.80. The van der Waals surface area contributed by atoms with E-state index < -0.39 is 0 Å². The zero-order valence-corrected chi connectivity index (χ0v) is 13.9. The van der Waals surface area contributed by atoms with Gasteiger partial charge in [-0.25, -0.2) is 0 Å². The summed E-state index contributed by atoms with van der Waals surface area (Å²) in [5.74, 6) is 1.83. The molecule has 1 heterocycles. The summed E-state index contributed by atoms with van der Waals surface area (Å²) in [6.45, 7) is 2.19. The lowest BCUT2D eigenvalue weighted by atomic mass is 10.1. The summed E-state index contributed by atoms with van der Waals surface area (Å²) in [5, 5.41) is 2.81. The molecule has 6 heteroatoms. The number of rotatable bonds is 7. The van der Waals surface area contributed by atoms with E-state index in [-0.39, 0.29) is 25.1 Å². The van der Waals surface area contributed by atoms with Gasteiger partial charge in [0.05, 0.1) is 0 Å². The van der Waals surface area contributed by atoms with E-state index in [1.807, 2.05) is 18.2 Å². The first kappa shape index (κ1) is 16.8. The number of fused-ring (bicyclic) bond motifs is 1.